The van der Waals surface area contributed by atoms with E-state index >= 15 is 0 Å². The third-order valence-corrected chi connectivity index (χ3v) is 8.97. The van der Waals surface area contributed by atoms with Crippen molar-refractivity contribution in [3.63, 3.8) is 0 Å². The van der Waals surface area contributed by atoms with E-state index in [9.17, 15) is 4.79 Å². The van der Waals surface area contributed by atoms with Crippen LogP contribution in [-0.4, -0.2) is 27.0 Å². The van der Waals surface area contributed by atoms with Crippen LogP contribution in [0.15, 0.2) is 43.0 Å². The van der Waals surface area contributed by atoms with Gasteiger partial charge in [0.2, 0.25) is 0 Å². The van der Waals surface area contributed by atoms with Crippen LogP contribution in [0.5, 0.6) is 0 Å². The van der Waals surface area contributed by atoms with Gasteiger partial charge in [0, 0.05) is 6.61 Å². The van der Waals surface area contributed by atoms with Gasteiger partial charge in [-0.2, -0.15) is 0 Å². The van der Waals surface area contributed by atoms with Crippen LogP contribution in [0.2, 0.25) is 18.1 Å². The molecule has 4 heteroatoms. The van der Waals surface area contributed by atoms with Crippen LogP contribution < -0.4 is 0 Å². The zero-order chi connectivity index (χ0) is 17.5. The second-order valence-electron chi connectivity index (χ2n) is 7.30. The Labute approximate surface area is 141 Å². The molecule has 0 saturated carbocycles. The summed E-state index contributed by atoms with van der Waals surface area (Å²) in [6.07, 6.45) is 3.00. The van der Waals surface area contributed by atoms with E-state index in [-0.39, 0.29) is 17.1 Å². The van der Waals surface area contributed by atoms with Gasteiger partial charge in [-0.1, -0.05) is 51.6 Å². The first-order valence-corrected chi connectivity index (χ1v) is 11.1. The molecule has 3 nitrogen and oxygen atoms in total. The molecule has 0 radical (unpaired) electrons. The molecule has 0 aliphatic heterocycles. The second-order valence-corrected chi connectivity index (χ2v) is 12.1. The molecular weight excluding hydrogens is 304 g/mol. The van der Waals surface area contributed by atoms with E-state index in [2.05, 4.69) is 40.4 Å². The van der Waals surface area contributed by atoms with Crippen molar-refractivity contribution >= 4 is 14.3 Å². The summed E-state index contributed by atoms with van der Waals surface area (Å²) in [6, 6.07) is 9.03. The van der Waals surface area contributed by atoms with Gasteiger partial charge in [0.25, 0.3) is 0 Å². The number of ether oxygens (including phenoxy) is 1. The van der Waals surface area contributed by atoms with Crippen molar-refractivity contribution in [2.24, 2.45) is 0 Å². The molecule has 1 aromatic rings. The van der Waals surface area contributed by atoms with Crippen LogP contribution >= 0.6 is 0 Å². The van der Waals surface area contributed by atoms with E-state index in [4.69, 9.17) is 9.16 Å². The third kappa shape index (κ3) is 6.32. The topological polar surface area (TPSA) is 35.5 Å². The van der Waals surface area contributed by atoms with E-state index in [0.29, 0.717) is 12.2 Å². The maximum atomic E-state index is 12.0. The first-order chi connectivity index (χ1) is 10.7. The lowest BCUT2D eigenvalue weighted by atomic mass is 10.2. The molecule has 0 aliphatic carbocycles. The standard InChI is InChI=1S/C19H30O3Si/c1-7-17(22-18(20)16-12-9-8-10-13-16)14-11-15-21-23(5,6)19(2,3)4/h7-10,12-13,17H,1,11,14-15H2,2-6H3. The number of benzene rings is 1. The Morgan fingerprint density at radius 3 is 2.39 bits per heavy atom. The molecule has 0 saturated heterocycles. The highest BCUT2D eigenvalue weighted by Gasteiger charge is 2.36. The zero-order valence-corrected chi connectivity index (χ0v) is 16.1. The Hall–Kier alpha value is -1.39. The predicted octanol–water partition coefficient (Wildman–Crippen LogP) is 5.20. The van der Waals surface area contributed by atoms with Crippen LogP contribution in [0.25, 0.3) is 0 Å². The third-order valence-electron chi connectivity index (χ3n) is 4.43. The summed E-state index contributed by atoms with van der Waals surface area (Å²) in [4.78, 5) is 12.0. The highest BCUT2D eigenvalue weighted by molar-refractivity contribution is 6.74. The molecule has 0 amide bonds. The number of rotatable bonds is 8. The molecule has 1 atom stereocenters. The molecule has 0 spiro atoms. The molecule has 0 aliphatic rings. The molecule has 1 aromatic carbocycles. The lowest BCUT2D eigenvalue weighted by molar-refractivity contribution is 0.0370. The van der Waals surface area contributed by atoms with Gasteiger partial charge in [-0.3, -0.25) is 0 Å². The summed E-state index contributed by atoms with van der Waals surface area (Å²) < 4.78 is 11.6. The van der Waals surface area contributed by atoms with E-state index in [1.807, 2.05) is 18.2 Å². The Kier molecular flexibility index (Phi) is 7.23. The van der Waals surface area contributed by atoms with Gasteiger partial charge < -0.3 is 9.16 Å². The lowest BCUT2D eigenvalue weighted by Gasteiger charge is -2.36. The van der Waals surface area contributed by atoms with Crippen LogP contribution in [0, 0.1) is 0 Å². The quantitative estimate of drug-likeness (QED) is 0.284. The smallest absolute Gasteiger partial charge is 0.338 e. The van der Waals surface area contributed by atoms with Gasteiger partial charge in [-0.05, 0) is 43.1 Å². The molecule has 128 valence electrons. The Bertz CT molecular complexity index is 503. The fourth-order valence-electron chi connectivity index (χ4n) is 1.83. The summed E-state index contributed by atoms with van der Waals surface area (Å²) in [5.74, 6) is -0.305. The van der Waals surface area contributed by atoms with Crippen molar-refractivity contribution in [3.8, 4) is 0 Å². The first-order valence-electron chi connectivity index (χ1n) is 8.20. The van der Waals surface area contributed by atoms with E-state index in [0.717, 1.165) is 12.8 Å². The van der Waals surface area contributed by atoms with Crippen LogP contribution in [0.4, 0.5) is 0 Å². The fraction of sp³-hybridized carbons (Fsp3) is 0.526. The van der Waals surface area contributed by atoms with Crippen molar-refractivity contribution < 1.29 is 14.0 Å². The minimum absolute atomic E-state index is 0.213. The van der Waals surface area contributed by atoms with Gasteiger partial charge in [-0.25, -0.2) is 4.79 Å². The molecule has 0 aromatic heterocycles. The molecule has 0 N–H and O–H groups in total. The van der Waals surface area contributed by atoms with Gasteiger partial charge in [0.15, 0.2) is 8.32 Å². The molecule has 0 bridgehead atoms. The summed E-state index contributed by atoms with van der Waals surface area (Å²) in [7, 11) is -1.71. The Morgan fingerprint density at radius 1 is 1.26 bits per heavy atom. The minimum Gasteiger partial charge on any atom is -0.455 e. The first kappa shape index (κ1) is 19.7. The predicted molar refractivity (Wildman–Crippen MR) is 98.2 cm³/mol. The molecule has 0 fully saturated rings. The monoisotopic (exact) mass is 334 g/mol. The van der Waals surface area contributed by atoms with Gasteiger partial charge in [0.05, 0.1) is 5.56 Å². The molecule has 23 heavy (non-hydrogen) atoms. The molecule has 0 heterocycles. The van der Waals surface area contributed by atoms with Crippen molar-refractivity contribution in [3.05, 3.63) is 48.6 Å². The maximum absolute atomic E-state index is 12.0. The van der Waals surface area contributed by atoms with Crippen molar-refractivity contribution in [2.75, 3.05) is 6.61 Å². The number of hydrogen-bond acceptors (Lipinski definition) is 3. The molecular formula is C19H30O3Si. The Morgan fingerprint density at radius 2 is 1.87 bits per heavy atom. The number of carbonyl (C=O) groups excluding carboxylic acids is 1. The van der Waals surface area contributed by atoms with Crippen molar-refractivity contribution in [1.82, 2.24) is 0 Å². The molecule has 1 rings (SSSR count). The van der Waals surface area contributed by atoms with Crippen LogP contribution in [-0.2, 0) is 9.16 Å². The highest BCUT2D eigenvalue weighted by Crippen LogP contribution is 2.36. The summed E-state index contributed by atoms with van der Waals surface area (Å²) in [6.45, 7) is 15.6. The van der Waals surface area contributed by atoms with Crippen molar-refractivity contribution in [1.29, 1.82) is 0 Å². The minimum atomic E-state index is -1.71. The van der Waals surface area contributed by atoms with Crippen LogP contribution in [0.1, 0.15) is 44.0 Å². The van der Waals surface area contributed by atoms with Gasteiger partial charge >= 0.3 is 5.97 Å². The Balaban J connectivity index is 2.40. The maximum Gasteiger partial charge on any atom is 0.338 e. The molecule has 1 unspecified atom stereocenters. The normalized spacial score (nSPS) is 13.4. The number of esters is 1. The van der Waals surface area contributed by atoms with Crippen molar-refractivity contribution in [2.45, 2.75) is 57.8 Å². The summed E-state index contributed by atoms with van der Waals surface area (Å²) in [5, 5.41) is 0.213. The van der Waals surface area contributed by atoms with E-state index < -0.39 is 8.32 Å². The van der Waals surface area contributed by atoms with Crippen LogP contribution in [0.3, 0.4) is 0 Å². The largest absolute Gasteiger partial charge is 0.455 e. The van der Waals surface area contributed by atoms with E-state index in [1.54, 1.807) is 18.2 Å². The highest BCUT2D eigenvalue weighted by atomic mass is 28.4. The van der Waals surface area contributed by atoms with E-state index in [1.165, 1.54) is 0 Å². The number of hydrogen-bond donors (Lipinski definition) is 0. The zero-order valence-electron chi connectivity index (χ0n) is 15.1. The summed E-state index contributed by atoms with van der Waals surface area (Å²) >= 11 is 0. The SMILES string of the molecule is C=CC(CCCO[Si](C)(C)C(C)(C)C)OC(=O)c1ccccc1. The second kappa shape index (κ2) is 8.46. The lowest BCUT2D eigenvalue weighted by Crippen LogP contribution is -2.41. The summed E-state index contributed by atoms with van der Waals surface area (Å²) in [5.41, 5.74) is 0.567. The van der Waals surface area contributed by atoms with Gasteiger partial charge in [-0.15, -0.1) is 0 Å². The van der Waals surface area contributed by atoms with Gasteiger partial charge in [0.1, 0.15) is 6.10 Å². The average molecular weight is 335 g/mol. The average Bonchev–Trinajstić information content (AvgIpc) is 2.49. The number of carbonyl (C=O) groups is 1. The fourth-order valence-corrected chi connectivity index (χ4v) is 2.92.